The lowest BCUT2D eigenvalue weighted by molar-refractivity contribution is 0.606. The van der Waals surface area contributed by atoms with Gasteiger partial charge < -0.3 is 14.7 Å². The van der Waals surface area contributed by atoms with Crippen molar-refractivity contribution in [2.75, 3.05) is 5.73 Å². The highest BCUT2D eigenvalue weighted by Crippen LogP contribution is 2.49. The fourth-order valence-electron chi connectivity index (χ4n) is 7.89. The summed E-state index contributed by atoms with van der Waals surface area (Å²) in [5, 5.41) is 19.7. The number of nitrogens with one attached hydrogen (secondary N) is 1. The lowest BCUT2D eigenvalue weighted by atomic mass is 9.94. The number of benzene rings is 8. The Balaban J connectivity index is 0.000000164. The van der Waals surface area contributed by atoms with Crippen LogP contribution in [-0.2, 0) is 0 Å². The van der Waals surface area contributed by atoms with E-state index in [9.17, 15) is 0 Å². The van der Waals surface area contributed by atoms with Gasteiger partial charge in [0.2, 0.25) is 0 Å². The average molecular weight is 700 g/mol. The third kappa shape index (κ3) is 4.85. The number of hydrogen-bond donors (Lipinski definition) is 2. The van der Waals surface area contributed by atoms with E-state index in [0.29, 0.717) is 22.7 Å². The molecule has 11 aromatic rings. The summed E-state index contributed by atoms with van der Waals surface area (Å²) in [5.74, 6) is 0.433. The number of fused-ring (bicyclic) bond motifs is 13. The summed E-state index contributed by atoms with van der Waals surface area (Å²) in [6, 6.07) is 57.2. The van der Waals surface area contributed by atoms with Gasteiger partial charge >= 0.3 is 0 Å². The molecule has 0 saturated heterocycles. The third-order valence-corrected chi connectivity index (χ3v) is 11.5. The monoisotopic (exact) mass is 699 g/mol. The number of thiophene rings is 1. The van der Waals surface area contributed by atoms with Crippen molar-refractivity contribution in [3.8, 4) is 5.69 Å². The fourth-order valence-corrected chi connectivity index (χ4v) is 9.14. The van der Waals surface area contributed by atoms with Crippen LogP contribution < -0.4 is 5.73 Å². The summed E-state index contributed by atoms with van der Waals surface area (Å²) in [4.78, 5) is 0. The van der Waals surface area contributed by atoms with E-state index in [1.54, 1.807) is 0 Å². The Morgan fingerprint density at radius 2 is 1.25 bits per heavy atom. The molecule has 252 valence electrons. The highest BCUT2D eigenvalue weighted by atomic mass is 32.1. The minimum Gasteiger partial charge on any atom is -0.452 e. The molecule has 0 amide bonds. The van der Waals surface area contributed by atoms with Crippen molar-refractivity contribution < 1.29 is 4.42 Å². The Labute approximate surface area is 309 Å². The van der Waals surface area contributed by atoms with Crippen LogP contribution in [-0.4, -0.2) is 10.3 Å². The van der Waals surface area contributed by atoms with Crippen LogP contribution in [0.15, 0.2) is 168 Å². The summed E-state index contributed by atoms with van der Waals surface area (Å²) in [5.41, 5.74) is 13.4. The summed E-state index contributed by atoms with van der Waals surface area (Å²) in [7, 11) is 0. The Morgan fingerprint density at radius 3 is 2.04 bits per heavy atom. The average Bonchev–Trinajstić information content (AvgIpc) is 3.88. The van der Waals surface area contributed by atoms with E-state index in [4.69, 9.17) is 15.6 Å². The van der Waals surface area contributed by atoms with Crippen molar-refractivity contribution in [3.63, 3.8) is 0 Å². The third-order valence-electron chi connectivity index (χ3n) is 10.3. The van der Waals surface area contributed by atoms with Gasteiger partial charge in [-0.3, -0.25) is 5.41 Å². The number of aromatic nitrogens is 1. The lowest BCUT2D eigenvalue weighted by Crippen LogP contribution is -2.02. The van der Waals surface area contributed by atoms with Crippen LogP contribution in [0.1, 0.15) is 16.9 Å². The van der Waals surface area contributed by atoms with Crippen LogP contribution in [0.25, 0.3) is 80.2 Å². The van der Waals surface area contributed by atoms with Gasteiger partial charge in [0.05, 0.1) is 21.4 Å². The Bertz CT molecular complexity index is 3200. The zero-order chi connectivity index (χ0) is 35.6. The van der Waals surface area contributed by atoms with Gasteiger partial charge in [0, 0.05) is 42.9 Å². The number of para-hydroxylation sites is 2. The smallest absolute Gasteiger partial charge is 0.176 e. The van der Waals surface area contributed by atoms with E-state index < -0.39 is 0 Å². The molecule has 0 radical (unpaired) electrons. The van der Waals surface area contributed by atoms with Crippen LogP contribution in [0.3, 0.4) is 0 Å². The molecule has 0 fully saturated rings. The van der Waals surface area contributed by atoms with E-state index in [-0.39, 0.29) is 0 Å². The Morgan fingerprint density at radius 1 is 0.585 bits per heavy atom. The van der Waals surface area contributed by atoms with E-state index in [0.717, 1.165) is 10.9 Å². The SMILES string of the molecule is Cc1ccc(-n2c3ccccc3c3c4ccc5ccccc5c4c4c5ccccc5sc4c32)cc1.N=C(c1ccccc1)c1oc2ccccc2c1N. The number of nitrogens with zero attached hydrogens (tertiary/aromatic N) is 1. The second-order valence-electron chi connectivity index (χ2n) is 13.5. The van der Waals surface area contributed by atoms with Crippen molar-refractivity contribution in [3.05, 3.63) is 181 Å². The van der Waals surface area contributed by atoms with Crippen LogP contribution in [0.2, 0.25) is 0 Å². The number of rotatable bonds is 3. The van der Waals surface area contributed by atoms with Crippen LogP contribution in [0, 0.1) is 12.3 Å². The number of hydrogen-bond acceptors (Lipinski definition) is 4. The van der Waals surface area contributed by atoms with Crippen molar-refractivity contribution in [2.45, 2.75) is 6.92 Å². The van der Waals surface area contributed by atoms with Gasteiger partial charge in [0.25, 0.3) is 0 Å². The predicted molar refractivity (Wildman–Crippen MR) is 226 cm³/mol. The van der Waals surface area contributed by atoms with Gasteiger partial charge in [-0.1, -0.05) is 133 Å². The van der Waals surface area contributed by atoms with Crippen molar-refractivity contribution in [1.29, 1.82) is 5.41 Å². The van der Waals surface area contributed by atoms with E-state index in [1.165, 1.54) is 74.8 Å². The molecule has 3 N–H and O–H groups in total. The first-order valence-corrected chi connectivity index (χ1v) is 18.5. The second kappa shape index (κ2) is 12.2. The van der Waals surface area contributed by atoms with Gasteiger partial charge in [-0.2, -0.15) is 0 Å². The second-order valence-corrected chi connectivity index (χ2v) is 14.6. The Kier molecular flexibility index (Phi) is 7.17. The van der Waals surface area contributed by atoms with Crippen LogP contribution in [0.5, 0.6) is 0 Å². The number of aryl methyl sites for hydroxylation is 1. The van der Waals surface area contributed by atoms with E-state index >= 15 is 0 Å². The highest BCUT2D eigenvalue weighted by Gasteiger charge is 2.22. The normalized spacial score (nSPS) is 11.6. The number of nitrogen functional groups attached to an aromatic ring is 1. The maximum atomic E-state index is 8.17. The van der Waals surface area contributed by atoms with Gasteiger partial charge in [0.15, 0.2) is 5.76 Å². The maximum Gasteiger partial charge on any atom is 0.176 e. The molecule has 8 aromatic carbocycles. The van der Waals surface area contributed by atoms with Gasteiger partial charge in [-0.15, -0.1) is 11.3 Å². The molecule has 0 aliphatic rings. The topological polar surface area (TPSA) is 67.9 Å². The molecule has 0 atom stereocenters. The largest absolute Gasteiger partial charge is 0.452 e. The molecule has 0 aliphatic heterocycles. The first-order valence-electron chi connectivity index (χ1n) is 17.7. The molecular weight excluding hydrogens is 667 g/mol. The molecule has 0 bridgehead atoms. The molecule has 3 heterocycles. The number of anilines is 1. The molecular formula is C48H33N3OS. The van der Waals surface area contributed by atoms with Crippen LogP contribution in [0.4, 0.5) is 5.69 Å². The standard InChI is InChI=1S/C33H21NS.C15H12N2O/c1-20-14-17-22(18-15-20)34-27-12-6-4-10-24(27)30-26-19-16-21-8-2-3-9-23(21)29(26)31-25-11-5-7-13-28(25)35-33(31)32(30)34;16-13(10-6-2-1-3-7-10)15-14(17)11-8-4-5-9-12(11)18-15/h2-19H,1H3;1-9,16H,17H2. The highest BCUT2D eigenvalue weighted by molar-refractivity contribution is 7.27. The van der Waals surface area contributed by atoms with Gasteiger partial charge in [-0.05, 0) is 64.9 Å². The summed E-state index contributed by atoms with van der Waals surface area (Å²) >= 11 is 1.92. The molecule has 0 saturated carbocycles. The van der Waals surface area contributed by atoms with Crippen molar-refractivity contribution in [2.24, 2.45) is 0 Å². The molecule has 53 heavy (non-hydrogen) atoms. The van der Waals surface area contributed by atoms with Gasteiger partial charge in [0.1, 0.15) is 11.3 Å². The molecule has 11 rings (SSSR count). The van der Waals surface area contributed by atoms with Crippen LogP contribution >= 0.6 is 11.3 Å². The first-order chi connectivity index (χ1) is 26.1. The maximum absolute atomic E-state index is 8.17. The number of furan rings is 1. The molecule has 3 aromatic heterocycles. The quantitative estimate of drug-likeness (QED) is 0.142. The van der Waals surface area contributed by atoms with Gasteiger partial charge in [-0.25, -0.2) is 0 Å². The first kappa shape index (κ1) is 31.1. The fraction of sp³-hybridized carbons (Fsp3) is 0.0208. The molecule has 0 aliphatic carbocycles. The minimum absolute atomic E-state index is 0.310. The van der Waals surface area contributed by atoms with Crippen molar-refractivity contribution >= 4 is 97.2 Å². The molecule has 5 heteroatoms. The van der Waals surface area contributed by atoms with E-state index in [1.807, 2.05) is 65.9 Å². The lowest BCUT2D eigenvalue weighted by Gasteiger charge is -2.12. The molecule has 4 nitrogen and oxygen atoms in total. The summed E-state index contributed by atoms with van der Waals surface area (Å²) < 4.78 is 10.8. The van der Waals surface area contributed by atoms with E-state index in [2.05, 4.69) is 121 Å². The Hall–Kier alpha value is -6.69. The molecule has 0 spiro atoms. The number of nitrogens with two attached hydrogens (primary N) is 1. The zero-order valence-electron chi connectivity index (χ0n) is 28.9. The van der Waals surface area contributed by atoms with Crippen molar-refractivity contribution in [1.82, 2.24) is 4.57 Å². The summed E-state index contributed by atoms with van der Waals surface area (Å²) in [6.45, 7) is 2.15. The predicted octanol–water partition coefficient (Wildman–Crippen LogP) is 13.2. The zero-order valence-corrected chi connectivity index (χ0v) is 29.7. The minimum atomic E-state index is 0.310. The molecule has 0 unspecified atom stereocenters. The summed E-state index contributed by atoms with van der Waals surface area (Å²) in [6.07, 6.45) is 0.